The van der Waals surface area contributed by atoms with Gasteiger partial charge >= 0.3 is 18.9 Å². The van der Waals surface area contributed by atoms with Crippen molar-refractivity contribution >= 4 is 0 Å². The molecule has 0 unspecified atom stereocenters. The smallest absolute Gasteiger partial charge is 0.405 e. The molecule has 0 aliphatic carbocycles. The third-order valence-electron chi connectivity index (χ3n) is 4.02. The number of nitrogens with zero attached hydrogens (tertiary/aromatic N) is 1. The molecule has 0 radical (unpaired) electrons. The number of ether oxygens (including phenoxy) is 2. The lowest BCUT2D eigenvalue weighted by molar-refractivity contribution is -0.275. The van der Waals surface area contributed by atoms with Crippen molar-refractivity contribution in [3.63, 3.8) is 0 Å². The molecule has 0 aliphatic heterocycles. The van der Waals surface area contributed by atoms with E-state index in [1.165, 1.54) is 0 Å². The summed E-state index contributed by atoms with van der Waals surface area (Å²) < 4.78 is 140. The van der Waals surface area contributed by atoms with E-state index >= 15 is 4.39 Å². The average Bonchev–Trinajstić information content (AvgIpc) is 2.66. The first-order chi connectivity index (χ1) is 15.2. The molecule has 0 saturated carbocycles. The van der Waals surface area contributed by atoms with Gasteiger partial charge in [0.15, 0.2) is 5.82 Å². The van der Waals surface area contributed by atoms with Crippen LogP contribution in [0.3, 0.4) is 0 Å². The number of benzene rings is 2. The fourth-order valence-corrected chi connectivity index (χ4v) is 2.83. The average molecular weight is 485 g/mol. The quantitative estimate of drug-likeness (QED) is 0.362. The van der Waals surface area contributed by atoms with Gasteiger partial charge in [0.25, 0.3) is 0 Å². The molecule has 176 valence electrons. The SMILES string of the molecule is Fc1c(-c2ccccc2OC(F)(F)F)cc(C(F)(F)F)nc1-c1ccccc1OC(F)(F)F. The van der Waals surface area contributed by atoms with Crippen LogP contribution in [0.15, 0.2) is 54.6 Å². The lowest BCUT2D eigenvalue weighted by Crippen LogP contribution is -2.18. The number of aromatic nitrogens is 1. The van der Waals surface area contributed by atoms with Gasteiger partial charge in [0.1, 0.15) is 22.9 Å². The zero-order valence-electron chi connectivity index (χ0n) is 15.7. The summed E-state index contributed by atoms with van der Waals surface area (Å²) in [5.41, 5.74) is -5.57. The number of hydrogen-bond donors (Lipinski definition) is 0. The van der Waals surface area contributed by atoms with Crippen LogP contribution in [0.25, 0.3) is 22.4 Å². The van der Waals surface area contributed by atoms with Crippen LogP contribution in [0, 0.1) is 5.82 Å². The summed E-state index contributed by atoms with van der Waals surface area (Å²) in [6, 6.07) is 7.53. The predicted molar refractivity (Wildman–Crippen MR) is 93.4 cm³/mol. The number of halogens is 10. The van der Waals surface area contributed by atoms with Gasteiger partial charge in [0.2, 0.25) is 0 Å². The molecule has 0 spiro atoms. The number of para-hydroxylation sites is 2. The highest BCUT2D eigenvalue weighted by atomic mass is 19.4. The van der Waals surface area contributed by atoms with Crippen molar-refractivity contribution < 1.29 is 53.4 Å². The van der Waals surface area contributed by atoms with Crippen LogP contribution in [0.1, 0.15) is 5.69 Å². The van der Waals surface area contributed by atoms with E-state index in [2.05, 4.69) is 14.5 Å². The molecule has 33 heavy (non-hydrogen) atoms. The van der Waals surface area contributed by atoms with Gasteiger partial charge in [-0.15, -0.1) is 26.3 Å². The minimum atomic E-state index is -5.27. The fourth-order valence-electron chi connectivity index (χ4n) is 2.83. The van der Waals surface area contributed by atoms with Crippen molar-refractivity contribution in [2.24, 2.45) is 0 Å². The molecule has 3 rings (SSSR count). The Morgan fingerprint density at radius 2 is 1.06 bits per heavy atom. The molecule has 1 heterocycles. The summed E-state index contributed by atoms with van der Waals surface area (Å²) in [6.45, 7) is 0. The van der Waals surface area contributed by atoms with Crippen LogP contribution in [0.2, 0.25) is 0 Å². The number of alkyl halides is 9. The highest BCUT2D eigenvalue weighted by Crippen LogP contribution is 2.42. The molecule has 0 N–H and O–H groups in total. The maximum absolute atomic E-state index is 15.3. The second-order valence-electron chi connectivity index (χ2n) is 6.30. The van der Waals surface area contributed by atoms with Crippen LogP contribution in [-0.2, 0) is 6.18 Å². The zero-order chi connectivity index (χ0) is 24.6. The van der Waals surface area contributed by atoms with Crippen LogP contribution < -0.4 is 9.47 Å². The largest absolute Gasteiger partial charge is 0.573 e. The van der Waals surface area contributed by atoms with Gasteiger partial charge in [0, 0.05) is 16.7 Å². The molecule has 3 aromatic rings. The Labute approximate surface area is 178 Å². The van der Waals surface area contributed by atoms with Crippen molar-refractivity contribution in [2.75, 3.05) is 0 Å². The third-order valence-corrected chi connectivity index (χ3v) is 4.02. The molecule has 3 nitrogen and oxygen atoms in total. The van der Waals surface area contributed by atoms with Crippen molar-refractivity contribution in [2.45, 2.75) is 18.9 Å². The maximum Gasteiger partial charge on any atom is 0.573 e. The van der Waals surface area contributed by atoms with Gasteiger partial charge in [0.05, 0.1) is 0 Å². The maximum atomic E-state index is 15.3. The Bertz CT molecular complexity index is 1070. The normalized spacial score (nSPS) is 12.5. The molecule has 0 amide bonds. The second kappa shape index (κ2) is 8.45. The molecule has 1 aromatic heterocycles. The number of rotatable bonds is 4. The number of pyridine rings is 1. The van der Waals surface area contributed by atoms with Crippen molar-refractivity contribution in [3.05, 3.63) is 66.1 Å². The van der Waals surface area contributed by atoms with Crippen LogP contribution in [0.4, 0.5) is 43.9 Å². The predicted octanol–water partition coefficient (Wildman–Crippen LogP) is 7.37. The van der Waals surface area contributed by atoms with Gasteiger partial charge in [-0.05, 0) is 24.3 Å². The summed E-state index contributed by atoms with van der Waals surface area (Å²) in [5, 5.41) is 0. The van der Waals surface area contributed by atoms with Gasteiger partial charge in [-0.25, -0.2) is 9.37 Å². The van der Waals surface area contributed by atoms with Gasteiger partial charge < -0.3 is 9.47 Å². The van der Waals surface area contributed by atoms with Gasteiger partial charge in [-0.3, -0.25) is 0 Å². The molecule has 13 heteroatoms. The zero-order valence-corrected chi connectivity index (χ0v) is 15.7. The van der Waals surface area contributed by atoms with E-state index in [9.17, 15) is 39.5 Å². The number of hydrogen-bond acceptors (Lipinski definition) is 3. The minimum Gasteiger partial charge on any atom is -0.405 e. The molecular formula is C20H9F10NO2. The van der Waals surface area contributed by atoms with Crippen molar-refractivity contribution in [3.8, 4) is 33.9 Å². The van der Waals surface area contributed by atoms with E-state index in [1.54, 1.807) is 0 Å². The fraction of sp³-hybridized carbons (Fsp3) is 0.150. The molecule has 0 fully saturated rings. The van der Waals surface area contributed by atoms with Crippen LogP contribution in [-0.4, -0.2) is 17.7 Å². The van der Waals surface area contributed by atoms with E-state index in [-0.39, 0.29) is 6.07 Å². The molecule has 0 aliphatic rings. The summed E-state index contributed by atoms with van der Waals surface area (Å²) in [6.07, 6.45) is -15.8. The van der Waals surface area contributed by atoms with Crippen LogP contribution in [0.5, 0.6) is 11.5 Å². The van der Waals surface area contributed by atoms with E-state index in [1.807, 2.05) is 0 Å². The highest BCUT2D eigenvalue weighted by molar-refractivity contribution is 5.78. The van der Waals surface area contributed by atoms with E-state index in [0.29, 0.717) is 6.07 Å². The Hall–Kier alpha value is -3.51. The third kappa shape index (κ3) is 5.84. The Morgan fingerprint density at radius 3 is 1.55 bits per heavy atom. The van der Waals surface area contributed by atoms with E-state index in [4.69, 9.17) is 0 Å². The van der Waals surface area contributed by atoms with Crippen LogP contribution >= 0.6 is 0 Å². The first kappa shape index (κ1) is 24.1. The lowest BCUT2D eigenvalue weighted by Gasteiger charge is -2.18. The summed E-state index contributed by atoms with van der Waals surface area (Å²) in [7, 11) is 0. The molecular weight excluding hydrogens is 476 g/mol. The summed E-state index contributed by atoms with van der Waals surface area (Å²) >= 11 is 0. The molecule has 2 aromatic carbocycles. The summed E-state index contributed by atoms with van der Waals surface area (Å²) in [4.78, 5) is 3.08. The standard InChI is InChI=1S/C20H9F10NO2/c21-16-12(10-5-1-3-7-13(10)32-19(25,26)27)9-15(18(22,23)24)31-17(16)11-6-2-4-8-14(11)33-20(28,29)30/h1-9H. The topological polar surface area (TPSA) is 31.4 Å². The highest BCUT2D eigenvalue weighted by Gasteiger charge is 2.38. The van der Waals surface area contributed by atoms with Gasteiger partial charge in [-0.1, -0.05) is 30.3 Å². The van der Waals surface area contributed by atoms with Crippen molar-refractivity contribution in [1.29, 1.82) is 0 Å². The second-order valence-corrected chi connectivity index (χ2v) is 6.30. The van der Waals surface area contributed by atoms with Gasteiger partial charge in [-0.2, -0.15) is 13.2 Å². The minimum absolute atomic E-state index is 0.130. The molecule has 0 saturated heterocycles. The molecule has 0 atom stereocenters. The lowest BCUT2D eigenvalue weighted by atomic mass is 9.99. The Balaban J connectivity index is 2.31. The Kier molecular flexibility index (Phi) is 6.18. The van der Waals surface area contributed by atoms with Crippen molar-refractivity contribution in [1.82, 2.24) is 4.98 Å². The first-order valence-electron chi connectivity index (χ1n) is 8.64. The molecule has 0 bridgehead atoms. The monoisotopic (exact) mass is 485 g/mol. The van der Waals surface area contributed by atoms with E-state index in [0.717, 1.165) is 42.5 Å². The van der Waals surface area contributed by atoms with E-state index < -0.39 is 64.3 Å². The summed E-state index contributed by atoms with van der Waals surface area (Å²) in [5.74, 6) is -3.73. The Morgan fingerprint density at radius 1 is 0.606 bits per heavy atom. The first-order valence-corrected chi connectivity index (χ1v) is 8.64.